The summed E-state index contributed by atoms with van der Waals surface area (Å²) < 4.78 is 25.0. The Hall–Kier alpha value is 0.160. The second-order valence-corrected chi connectivity index (χ2v) is 5.64. The van der Waals surface area contributed by atoms with Crippen molar-refractivity contribution in [2.45, 2.75) is 20.3 Å². The van der Waals surface area contributed by atoms with E-state index < -0.39 is 10.0 Å². The van der Waals surface area contributed by atoms with E-state index in [1.54, 1.807) is 0 Å². The molecule has 0 aliphatic rings. The third kappa shape index (κ3) is 8.02. The first-order valence-corrected chi connectivity index (χ1v) is 7.50. The molecule has 0 aromatic heterocycles. The van der Waals surface area contributed by atoms with E-state index in [1.807, 2.05) is 0 Å². The lowest BCUT2D eigenvalue weighted by Crippen LogP contribution is -2.36. The third-order valence-corrected chi connectivity index (χ3v) is 3.88. The summed E-state index contributed by atoms with van der Waals surface area (Å²) in [4.78, 5) is 2.21. The van der Waals surface area contributed by atoms with Crippen LogP contribution in [-0.2, 0) is 10.0 Å². The SMILES string of the molecule is CCCN(CC)CCNS(=O)(=O)CCCl. The number of hydrogen-bond acceptors (Lipinski definition) is 3. The normalized spacial score (nSPS) is 12.3. The first-order valence-electron chi connectivity index (χ1n) is 5.31. The van der Waals surface area contributed by atoms with E-state index in [1.165, 1.54) is 0 Å². The molecule has 0 fully saturated rings. The largest absolute Gasteiger partial charge is 0.302 e. The van der Waals surface area contributed by atoms with Gasteiger partial charge in [-0.15, -0.1) is 11.6 Å². The first kappa shape index (κ1) is 15.2. The van der Waals surface area contributed by atoms with Gasteiger partial charge in [-0.25, -0.2) is 13.1 Å². The standard InChI is InChI=1S/C9H21ClN2O2S/c1-3-7-12(4-2)8-6-11-15(13,14)9-5-10/h11H,3-9H2,1-2H3. The fraction of sp³-hybridized carbons (Fsp3) is 1.00. The van der Waals surface area contributed by atoms with E-state index in [-0.39, 0.29) is 11.6 Å². The summed E-state index contributed by atoms with van der Waals surface area (Å²) in [6.45, 7) is 7.36. The van der Waals surface area contributed by atoms with Gasteiger partial charge in [0.2, 0.25) is 10.0 Å². The molecular weight excluding hydrogens is 236 g/mol. The molecule has 0 unspecified atom stereocenters. The number of likely N-dealkylation sites (N-methyl/N-ethyl adjacent to an activating group) is 1. The van der Waals surface area contributed by atoms with Crippen molar-refractivity contribution in [3.63, 3.8) is 0 Å². The molecule has 0 aliphatic heterocycles. The van der Waals surface area contributed by atoms with Gasteiger partial charge in [-0.1, -0.05) is 13.8 Å². The summed E-state index contributed by atoms with van der Waals surface area (Å²) in [6, 6.07) is 0. The van der Waals surface area contributed by atoms with Crippen LogP contribution in [0.25, 0.3) is 0 Å². The Labute approximate surface area is 98.0 Å². The number of rotatable bonds is 9. The van der Waals surface area contributed by atoms with Crippen molar-refractivity contribution >= 4 is 21.6 Å². The Morgan fingerprint density at radius 1 is 1.27 bits per heavy atom. The molecule has 0 saturated carbocycles. The van der Waals surface area contributed by atoms with Crippen LogP contribution < -0.4 is 4.72 Å². The molecule has 0 amide bonds. The molecule has 0 aliphatic carbocycles. The van der Waals surface area contributed by atoms with Gasteiger partial charge < -0.3 is 4.90 Å². The molecule has 0 aromatic rings. The molecule has 6 heteroatoms. The van der Waals surface area contributed by atoms with Gasteiger partial charge in [0, 0.05) is 19.0 Å². The highest BCUT2D eigenvalue weighted by Crippen LogP contribution is 1.91. The Morgan fingerprint density at radius 2 is 1.93 bits per heavy atom. The van der Waals surface area contributed by atoms with Crippen LogP contribution in [-0.4, -0.2) is 51.1 Å². The molecule has 0 heterocycles. The maximum atomic E-state index is 11.2. The average molecular weight is 257 g/mol. The van der Waals surface area contributed by atoms with Gasteiger partial charge in [-0.05, 0) is 19.5 Å². The van der Waals surface area contributed by atoms with Crippen LogP contribution >= 0.6 is 11.6 Å². The van der Waals surface area contributed by atoms with Crippen LogP contribution in [0.3, 0.4) is 0 Å². The van der Waals surface area contributed by atoms with Gasteiger partial charge in [0.05, 0.1) is 5.75 Å². The number of halogens is 1. The fourth-order valence-corrected chi connectivity index (χ4v) is 2.64. The lowest BCUT2D eigenvalue weighted by atomic mass is 10.4. The van der Waals surface area contributed by atoms with Crippen molar-refractivity contribution < 1.29 is 8.42 Å². The van der Waals surface area contributed by atoms with Crippen LogP contribution in [0.15, 0.2) is 0 Å². The van der Waals surface area contributed by atoms with E-state index in [0.717, 1.165) is 26.1 Å². The lowest BCUT2D eigenvalue weighted by Gasteiger charge is -2.19. The molecule has 4 nitrogen and oxygen atoms in total. The first-order chi connectivity index (χ1) is 7.05. The highest BCUT2D eigenvalue weighted by Gasteiger charge is 2.08. The predicted octanol–water partition coefficient (Wildman–Crippen LogP) is 0.877. The highest BCUT2D eigenvalue weighted by molar-refractivity contribution is 7.89. The average Bonchev–Trinajstić information content (AvgIpc) is 2.16. The molecule has 0 spiro atoms. The maximum Gasteiger partial charge on any atom is 0.212 e. The molecule has 15 heavy (non-hydrogen) atoms. The zero-order chi connectivity index (χ0) is 11.7. The van der Waals surface area contributed by atoms with E-state index >= 15 is 0 Å². The van der Waals surface area contributed by atoms with Gasteiger partial charge in [0.1, 0.15) is 0 Å². The Morgan fingerprint density at radius 3 is 2.40 bits per heavy atom. The summed E-state index contributed by atoms with van der Waals surface area (Å²) in [5.41, 5.74) is 0. The minimum absolute atomic E-state index is 0.00550. The van der Waals surface area contributed by atoms with Crippen molar-refractivity contribution in [3.05, 3.63) is 0 Å². The van der Waals surface area contributed by atoms with E-state index in [2.05, 4.69) is 23.5 Å². The minimum atomic E-state index is -3.16. The van der Waals surface area contributed by atoms with Crippen LogP contribution in [0.1, 0.15) is 20.3 Å². The number of nitrogens with zero attached hydrogens (tertiary/aromatic N) is 1. The third-order valence-electron chi connectivity index (χ3n) is 2.08. The van der Waals surface area contributed by atoms with Gasteiger partial charge in [0.15, 0.2) is 0 Å². The quantitative estimate of drug-likeness (QED) is 0.623. The second-order valence-electron chi connectivity index (χ2n) is 3.34. The Balaban J connectivity index is 3.76. The summed E-state index contributed by atoms with van der Waals surface area (Å²) in [7, 11) is -3.16. The summed E-state index contributed by atoms with van der Waals surface area (Å²) in [5, 5.41) is 0. The van der Waals surface area contributed by atoms with Crippen molar-refractivity contribution in [2.75, 3.05) is 37.8 Å². The van der Waals surface area contributed by atoms with Crippen molar-refractivity contribution in [1.29, 1.82) is 0 Å². The fourth-order valence-electron chi connectivity index (χ4n) is 1.28. The van der Waals surface area contributed by atoms with Gasteiger partial charge in [-0.3, -0.25) is 0 Å². The molecule has 0 saturated heterocycles. The van der Waals surface area contributed by atoms with Crippen molar-refractivity contribution in [2.24, 2.45) is 0 Å². The summed E-state index contributed by atoms with van der Waals surface area (Å²) in [5.74, 6) is 0.135. The topological polar surface area (TPSA) is 49.4 Å². The monoisotopic (exact) mass is 256 g/mol. The Bertz CT molecular complexity index is 244. The second kappa shape index (κ2) is 8.33. The molecular formula is C9H21ClN2O2S. The Kier molecular flexibility index (Phi) is 8.42. The number of sulfonamides is 1. The van der Waals surface area contributed by atoms with Gasteiger partial charge in [-0.2, -0.15) is 0 Å². The molecule has 0 bridgehead atoms. The lowest BCUT2D eigenvalue weighted by molar-refractivity contribution is 0.293. The molecule has 0 radical (unpaired) electrons. The zero-order valence-electron chi connectivity index (χ0n) is 9.50. The van der Waals surface area contributed by atoms with E-state index in [0.29, 0.717) is 6.54 Å². The van der Waals surface area contributed by atoms with Gasteiger partial charge in [0.25, 0.3) is 0 Å². The molecule has 0 rings (SSSR count). The van der Waals surface area contributed by atoms with E-state index in [4.69, 9.17) is 11.6 Å². The minimum Gasteiger partial charge on any atom is -0.302 e. The highest BCUT2D eigenvalue weighted by atomic mass is 35.5. The number of nitrogens with one attached hydrogen (secondary N) is 1. The van der Waals surface area contributed by atoms with Crippen LogP contribution in [0.2, 0.25) is 0 Å². The molecule has 92 valence electrons. The maximum absolute atomic E-state index is 11.2. The van der Waals surface area contributed by atoms with Gasteiger partial charge >= 0.3 is 0 Å². The van der Waals surface area contributed by atoms with Crippen molar-refractivity contribution in [3.8, 4) is 0 Å². The molecule has 0 atom stereocenters. The van der Waals surface area contributed by atoms with Crippen LogP contribution in [0.4, 0.5) is 0 Å². The molecule has 1 N–H and O–H groups in total. The predicted molar refractivity (Wildman–Crippen MR) is 64.9 cm³/mol. The smallest absolute Gasteiger partial charge is 0.212 e. The van der Waals surface area contributed by atoms with Crippen LogP contribution in [0.5, 0.6) is 0 Å². The summed E-state index contributed by atoms with van der Waals surface area (Å²) >= 11 is 5.37. The van der Waals surface area contributed by atoms with Crippen molar-refractivity contribution in [1.82, 2.24) is 9.62 Å². The molecule has 0 aromatic carbocycles. The summed E-state index contributed by atoms with van der Waals surface area (Å²) in [6.07, 6.45) is 1.09. The zero-order valence-corrected chi connectivity index (χ0v) is 11.1. The number of alkyl halides is 1. The van der Waals surface area contributed by atoms with Crippen LogP contribution in [0, 0.1) is 0 Å². The number of hydrogen-bond donors (Lipinski definition) is 1. The van der Waals surface area contributed by atoms with E-state index in [9.17, 15) is 8.42 Å².